The fourth-order valence-corrected chi connectivity index (χ4v) is 2.63. The highest BCUT2D eigenvalue weighted by molar-refractivity contribution is 6.04. The van der Waals surface area contributed by atoms with E-state index in [1.165, 1.54) is 5.56 Å². The molecular weight excluding hydrogens is 276 g/mol. The van der Waals surface area contributed by atoms with E-state index in [9.17, 15) is 4.79 Å². The van der Waals surface area contributed by atoms with Crippen LogP contribution in [0, 0.1) is 0 Å². The predicted molar refractivity (Wildman–Crippen MR) is 87.1 cm³/mol. The lowest BCUT2D eigenvalue weighted by Crippen LogP contribution is -2.24. The molecule has 3 rings (SSSR count). The SMILES string of the molecule is CC(C)(C)c1ccc(C(=O)Nc2n[nH]c3c2CNCC3)cc1. The van der Waals surface area contributed by atoms with Crippen LogP contribution in [0.1, 0.15) is 48.0 Å². The Labute approximate surface area is 130 Å². The van der Waals surface area contributed by atoms with Crippen molar-refractivity contribution in [2.75, 3.05) is 11.9 Å². The summed E-state index contributed by atoms with van der Waals surface area (Å²) in [4.78, 5) is 12.4. The molecule has 5 nitrogen and oxygen atoms in total. The first kappa shape index (κ1) is 14.8. The Morgan fingerprint density at radius 1 is 1.23 bits per heavy atom. The number of nitrogens with one attached hydrogen (secondary N) is 3. The number of carbonyl (C=O) groups is 1. The molecule has 0 saturated heterocycles. The minimum Gasteiger partial charge on any atom is -0.312 e. The molecule has 1 aliphatic heterocycles. The summed E-state index contributed by atoms with van der Waals surface area (Å²) in [6.45, 7) is 8.16. The number of amides is 1. The summed E-state index contributed by atoms with van der Waals surface area (Å²) in [5.74, 6) is 0.507. The van der Waals surface area contributed by atoms with Crippen molar-refractivity contribution < 1.29 is 4.79 Å². The maximum atomic E-state index is 12.4. The summed E-state index contributed by atoms with van der Waals surface area (Å²) < 4.78 is 0. The third-order valence-electron chi connectivity index (χ3n) is 4.05. The lowest BCUT2D eigenvalue weighted by molar-refractivity contribution is 0.102. The molecular formula is C17H22N4O. The van der Waals surface area contributed by atoms with Crippen LogP contribution in [0.15, 0.2) is 24.3 Å². The molecule has 2 aromatic rings. The number of hydrogen-bond acceptors (Lipinski definition) is 3. The lowest BCUT2D eigenvalue weighted by Gasteiger charge is -2.19. The summed E-state index contributed by atoms with van der Waals surface area (Å²) in [6.07, 6.45) is 0.915. The zero-order valence-electron chi connectivity index (χ0n) is 13.3. The Hall–Kier alpha value is -2.14. The van der Waals surface area contributed by atoms with Gasteiger partial charge in [0.15, 0.2) is 5.82 Å². The van der Waals surface area contributed by atoms with Crippen LogP contribution in [0.25, 0.3) is 0 Å². The second kappa shape index (κ2) is 5.57. The summed E-state index contributed by atoms with van der Waals surface area (Å²) in [5.41, 5.74) is 4.11. The second-order valence-electron chi connectivity index (χ2n) is 6.74. The molecule has 1 aliphatic rings. The topological polar surface area (TPSA) is 69.8 Å². The molecule has 116 valence electrons. The highest BCUT2D eigenvalue weighted by Crippen LogP contribution is 2.23. The largest absolute Gasteiger partial charge is 0.312 e. The molecule has 1 aromatic heterocycles. The van der Waals surface area contributed by atoms with E-state index in [0.717, 1.165) is 30.8 Å². The number of carbonyl (C=O) groups excluding carboxylic acids is 1. The molecule has 2 heterocycles. The fourth-order valence-electron chi connectivity index (χ4n) is 2.63. The molecule has 0 spiro atoms. The molecule has 3 N–H and O–H groups in total. The van der Waals surface area contributed by atoms with E-state index in [4.69, 9.17) is 0 Å². The highest BCUT2D eigenvalue weighted by Gasteiger charge is 2.19. The summed E-state index contributed by atoms with van der Waals surface area (Å²) in [6, 6.07) is 7.76. The van der Waals surface area contributed by atoms with E-state index < -0.39 is 0 Å². The third-order valence-corrected chi connectivity index (χ3v) is 4.05. The van der Waals surface area contributed by atoms with Crippen LogP contribution >= 0.6 is 0 Å². The number of rotatable bonds is 2. The average molecular weight is 298 g/mol. The van der Waals surface area contributed by atoms with E-state index >= 15 is 0 Å². The van der Waals surface area contributed by atoms with E-state index in [2.05, 4.69) is 41.6 Å². The van der Waals surface area contributed by atoms with Crippen molar-refractivity contribution in [1.82, 2.24) is 15.5 Å². The van der Waals surface area contributed by atoms with Gasteiger partial charge in [0.25, 0.3) is 5.91 Å². The quantitative estimate of drug-likeness (QED) is 0.798. The van der Waals surface area contributed by atoms with Gasteiger partial charge in [0, 0.05) is 36.3 Å². The predicted octanol–water partition coefficient (Wildman–Crippen LogP) is 2.61. The molecule has 22 heavy (non-hydrogen) atoms. The summed E-state index contributed by atoms with van der Waals surface area (Å²) in [7, 11) is 0. The molecule has 5 heteroatoms. The number of hydrogen-bond donors (Lipinski definition) is 3. The van der Waals surface area contributed by atoms with Crippen LogP contribution in [0.2, 0.25) is 0 Å². The first-order valence-electron chi connectivity index (χ1n) is 7.64. The van der Waals surface area contributed by atoms with Gasteiger partial charge in [-0.1, -0.05) is 32.9 Å². The lowest BCUT2D eigenvalue weighted by atomic mass is 9.87. The Bertz CT molecular complexity index is 680. The van der Waals surface area contributed by atoms with Crippen molar-refractivity contribution in [2.45, 2.75) is 39.2 Å². The van der Waals surface area contributed by atoms with Gasteiger partial charge >= 0.3 is 0 Å². The van der Waals surface area contributed by atoms with Gasteiger partial charge in [-0.15, -0.1) is 0 Å². The van der Waals surface area contributed by atoms with Gasteiger partial charge in [0.1, 0.15) is 0 Å². The molecule has 0 fully saturated rings. The van der Waals surface area contributed by atoms with E-state index in [1.54, 1.807) is 0 Å². The van der Waals surface area contributed by atoms with E-state index in [-0.39, 0.29) is 11.3 Å². The van der Waals surface area contributed by atoms with Crippen LogP contribution in [0.4, 0.5) is 5.82 Å². The van der Waals surface area contributed by atoms with Gasteiger partial charge in [-0.2, -0.15) is 5.10 Å². The molecule has 0 radical (unpaired) electrons. The summed E-state index contributed by atoms with van der Waals surface area (Å²) in [5, 5.41) is 13.4. The molecule has 0 aliphatic carbocycles. The summed E-state index contributed by atoms with van der Waals surface area (Å²) >= 11 is 0. The zero-order valence-corrected chi connectivity index (χ0v) is 13.3. The average Bonchev–Trinajstić information content (AvgIpc) is 2.90. The minimum absolute atomic E-state index is 0.0853. The maximum absolute atomic E-state index is 12.4. The third kappa shape index (κ3) is 2.90. The smallest absolute Gasteiger partial charge is 0.256 e. The van der Waals surface area contributed by atoms with Crippen molar-refractivity contribution in [1.29, 1.82) is 0 Å². The van der Waals surface area contributed by atoms with Gasteiger partial charge in [-0.05, 0) is 23.1 Å². The fraction of sp³-hybridized carbons (Fsp3) is 0.412. The van der Waals surface area contributed by atoms with Gasteiger partial charge in [0.2, 0.25) is 0 Å². The number of aromatic nitrogens is 2. The van der Waals surface area contributed by atoms with Crippen LogP contribution < -0.4 is 10.6 Å². The Balaban J connectivity index is 1.76. The van der Waals surface area contributed by atoms with Crippen molar-refractivity contribution >= 4 is 11.7 Å². The molecule has 1 aromatic carbocycles. The number of aromatic amines is 1. The molecule has 1 amide bonds. The normalized spacial score (nSPS) is 14.5. The zero-order chi connectivity index (χ0) is 15.7. The van der Waals surface area contributed by atoms with Crippen molar-refractivity contribution in [3.8, 4) is 0 Å². The monoisotopic (exact) mass is 298 g/mol. The van der Waals surface area contributed by atoms with Crippen molar-refractivity contribution in [3.63, 3.8) is 0 Å². The minimum atomic E-state index is -0.125. The maximum Gasteiger partial charge on any atom is 0.256 e. The van der Waals surface area contributed by atoms with Crippen molar-refractivity contribution in [3.05, 3.63) is 46.6 Å². The number of anilines is 1. The van der Waals surface area contributed by atoms with Crippen LogP contribution in [0.3, 0.4) is 0 Å². The van der Waals surface area contributed by atoms with Gasteiger partial charge in [0.05, 0.1) is 0 Å². The number of fused-ring (bicyclic) bond motifs is 1. The van der Waals surface area contributed by atoms with Gasteiger partial charge < -0.3 is 10.6 Å². The van der Waals surface area contributed by atoms with E-state index in [0.29, 0.717) is 11.4 Å². The Kier molecular flexibility index (Phi) is 3.74. The molecule has 0 bridgehead atoms. The van der Waals surface area contributed by atoms with Crippen LogP contribution in [-0.2, 0) is 18.4 Å². The molecule has 0 atom stereocenters. The standard InChI is InChI=1S/C17H22N4O/c1-17(2,3)12-6-4-11(5-7-12)16(22)19-15-13-10-18-9-8-14(13)20-21-15/h4-7,18H,8-10H2,1-3H3,(H2,19,20,21,22). The van der Waals surface area contributed by atoms with E-state index in [1.807, 2.05) is 24.3 Å². The van der Waals surface area contributed by atoms with Gasteiger partial charge in [-0.25, -0.2) is 0 Å². The van der Waals surface area contributed by atoms with Crippen LogP contribution in [0.5, 0.6) is 0 Å². The Morgan fingerprint density at radius 3 is 2.64 bits per heavy atom. The number of benzene rings is 1. The second-order valence-corrected chi connectivity index (χ2v) is 6.74. The first-order valence-corrected chi connectivity index (χ1v) is 7.64. The Morgan fingerprint density at radius 2 is 1.95 bits per heavy atom. The highest BCUT2D eigenvalue weighted by atomic mass is 16.1. The van der Waals surface area contributed by atoms with Gasteiger partial charge in [-0.3, -0.25) is 9.89 Å². The number of H-pyrrole nitrogens is 1. The first-order chi connectivity index (χ1) is 10.4. The molecule has 0 unspecified atom stereocenters. The van der Waals surface area contributed by atoms with Crippen molar-refractivity contribution in [2.24, 2.45) is 0 Å². The van der Waals surface area contributed by atoms with Crippen LogP contribution in [-0.4, -0.2) is 22.6 Å². The molecule has 0 saturated carbocycles. The number of nitrogens with zero attached hydrogens (tertiary/aromatic N) is 1.